The highest BCUT2D eigenvalue weighted by molar-refractivity contribution is 7.89. The molecule has 2 rings (SSSR count). The van der Waals surface area contributed by atoms with Crippen molar-refractivity contribution in [3.05, 3.63) is 24.0 Å². The lowest BCUT2D eigenvalue weighted by atomic mass is 10.1. The van der Waals surface area contributed by atoms with E-state index in [1.807, 2.05) is 0 Å². The Hall–Kier alpha value is -1.47. The van der Waals surface area contributed by atoms with E-state index in [2.05, 4.69) is 0 Å². The molecule has 0 bridgehead atoms. The molecule has 0 saturated carbocycles. The van der Waals surface area contributed by atoms with Gasteiger partial charge < -0.3 is 4.90 Å². The molecule has 1 aliphatic rings. The van der Waals surface area contributed by atoms with Crippen LogP contribution in [0.3, 0.4) is 0 Å². The first-order valence-corrected chi connectivity index (χ1v) is 7.01. The van der Waals surface area contributed by atoms with E-state index in [-0.39, 0.29) is 22.9 Å². The van der Waals surface area contributed by atoms with Gasteiger partial charge >= 0.3 is 0 Å². The Bertz CT molecular complexity index is 586. The molecule has 18 heavy (non-hydrogen) atoms. The van der Waals surface area contributed by atoms with Crippen LogP contribution in [0.15, 0.2) is 23.1 Å². The molecule has 1 aromatic rings. The molecular weight excluding hydrogens is 259 g/mol. The van der Waals surface area contributed by atoms with E-state index in [9.17, 15) is 17.6 Å². The van der Waals surface area contributed by atoms with E-state index in [1.165, 1.54) is 12.1 Å². The second-order valence-electron chi connectivity index (χ2n) is 4.22. The third-order valence-electron chi connectivity index (χ3n) is 2.84. The summed E-state index contributed by atoms with van der Waals surface area (Å²) in [5.74, 6) is -0.632. The number of anilines is 1. The lowest BCUT2D eigenvalue weighted by Gasteiger charge is -2.28. The molecule has 1 saturated heterocycles. The first-order chi connectivity index (χ1) is 8.38. The van der Waals surface area contributed by atoms with Gasteiger partial charge in [-0.05, 0) is 24.6 Å². The molecule has 0 amide bonds. The Morgan fingerprint density at radius 1 is 1.33 bits per heavy atom. The van der Waals surface area contributed by atoms with Crippen LogP contribution in [0, 0.1) is 5.82 Å². The van der Waals surface area contributed by atoms with E-state index in [0.717, 1.165) is 6.07 Å². The zero-order chi connectivity index (χ0) is 13.3. The standard InChI is InChI=1S/C11H13FN2O3S/c12-10-6-9(18(13,16)17)3-4-11(10)14-5-1-2-8(15)7-14/h3-4,6H,1-2,5,7H2,(H2,13,16,17). The maximum Gasteiger partial charge on any atom is 0.238 e. The summed E-state index contributed by atoms with van der Waals surface area (Å²) < 4.78 is 36.0. The summed E-state index contributed by atoms with van der Waals surface area (Å²) in [5, 5.41) is 4.91. The van der Waals surface area contributed by atoms with Crippen LogP contribution >= 0.6 is 0 Å². The Labute approximate surface area is 104 Å². The largest absolute Gasteiger partial charge is 0.362 e. The molecule has 1 fully saturated rings. The van der Waals surface area contributed by atoms with Crippen molar-refractivity contribution in [2.24, 2.45) is 5.14 Å². The van der Waals surface area contributed by atoms with E-state index in [4.69, 9.17) is 5.14 Å². The van der Waals surface area contributed by atoms with Gasteiger partial charge in [-0.3, -0.25) is 4.79 Å². The molecule has 0 spiro atoms. The fraction of sp³-hybridized carbons (Fsp3) is 0.364. The predicted molar refractivity (Wildman–Crippen MR) is 64.2 cm³/mol. The number of carbonyl (C=O) groups excluding carboxylic acids is 1. The lowest BCUT2D eigenvalue weighted by Crippen LogP contribution is -2.36. The van der Waals surface area contributed by atoms with Crippen LogP contribution in [-0.4, -0.2) is 27.3 Å². The lowest BCUT2D eigenvalue weighted by molar-refractivity contribution is -0.118. The maximum absolute atomic E-state index is 13.8. The predicted octanol–water partition coefficient (Wildman–Crippen LogP) is 0.642. The number of sulfonamides is 1. The Kier molecular flexibility index (Phi) is 3.36. The van der Waals surface area contributed by atoms with E-state index >= 15 is 0 Å². The SMILES string of the molecule is NS(=O)(=O)c1ccc(N2CCCC(=O)C2)c(F)c1. The van der Waals surface area contributed by atoms with E-state index in [1.54, 1.807) is 4.90 Å². The highest BCUT2D eigenvalue weighted by Crippen LogP contribution is 2.24. The average Bonchev–Trinajstić information content (AvgIpc) is 2.27. The van der Waals surface area contributed by atoms with Crippen LogP contribution in [0.4, 0.5) is 10.1 Å². The van der Waals surface area contributed by atoms with Crippen LogP contribution in [-0.2, 0) is 14.8 Å². The number of ketones is 1. The average molecular weight is 272 g/mol. The van der Waals surface area contributed by atoms with Gasteiger partial charge in [0.05, 0.1) is 17.1 Å². The number of hydrogen-bond acceptors (Lipinski definition) is 4. The van der Waals surface area contributed by atoms with Crippen molar-refractivity contribution < 1.29 is 17.6 Å². The number of Topliss-reactive ketones (excluding diaryl/α,β-unsaturated/α-hetero) is 1. The van der Waals surface area contributed by atoms with Crippen molar-refractivity contribution in [1.82, 2.24) is 0 Å². The Balaban J connectivity index is 2.33. The number of carbonyl (C=O) groups is 1. The van der Waals surface area contributed by atoms with Gasteiger partial charge in [0.2, 0.25) is 10.0 Å². The summed E-state index contributed by atoms with van der Waals surface area (Å²) in [7, 11) is -3.91. The van der Waals surface area contributed by atoms with Crippen molar-refractivity contribution in [3.63, 3.8) is 0 Å². The monoisotopic (exact) mass is 272 g/mol. The smallest absolute Gasteiger partial charge is 0.238 e. The number of nitrogens with two attached hydrogens (primary N) is 1. The highest BCUT2D eigenvalue weighted by atomic mass is 32.2. The number of nitrogens with zero attached hydrogens (tertiary/aromatic N) is 1. The summed E-state index contributed by atoms with van der Waals surface area (Å²) in [5.41, 5.74) is 0.232. The van der Waals surface area contributed by atoms with Gasteiger partial charge in [-0.2, -0.15) is 0 Å². The molecule has 0 atom stereocenters. The minimum Gasteiger partial charge on any atom is -0.362 e. The van der Waals surface area contributed by atoms with Crippen molar-refractivity contribution in [2.45, 2.75) is 17.7 Å². The van der Waals surface area contributed by atoms with Crippen molar-refractivity contribution in [2.75, 3.05) is 18.0 Å². The van der Waals surface area contributed by atoms with Crippen molar-refractivity contribution in [1.29, 1.82) is 0 Å². The molecule has 7 heteroatoms. The summed E-state index contributed by atoms with van der Waals surface area (Å²) in [6, 6.07) is 3.46. The number of benzene rings is 1. The maximum atomic E-state index is 13.8. The van der Waals surface area contributed by atoms with E-state index in [0.29, 0.717) is 19.4 Å². The number of halogens is 1. The highest BCUT2D eigenvalue weighted by Gasteiger charge is 2.21. The first kappa shape index (κ1) is 13.0. The van der Waals surface area contributed by atoms with Crippen LogP contribution < -0.4 is 10.0 Å². The fourth-order valence-corrected chi connectivity index (χ4v) is 2.49. The summed E-state index contributed by atoms with van der Waals surface area (Å²) in [4.78, 5) is 12.6. The van der Waals surface area contributed by atoms with Gasteiger partial charge in [0.25, 0.3) is 0 Å². The second kappa shape index (κ2) is 4.66. The minimum absolute atomic E-state index is 0.0520. The van der Waals surface area contributed by atoms with Gasteiger partial charge in [0.1, 0.15) is 5.82 Å². The van der Waals surface area contributed by atoms with Crippen LogP contribution in [0.5, 0.6) is 0 Å². The van der Waals surface area contributed by atoms with Gasteiger partial charge in [-0.25, -0.2) is 17.9 Å². The number of primary sulfonamides is 1. The second-order valence-corrected chi connectivity index (χ2v) is 5.78. The minimum atomic E-state index is -3.91. The van der Waals surface area contributed by atoms with Crippen LogP contribution in [0.25, 0.3) is 0 Å². The summed E-state index contributed by atoms with van der Waals surface area (Å²) in [6.07, 6.45) is 1.18. The molecule has 1 heterocycles. The fourth-order valence-electron chi connectivity index (χ4n) is 1.96. The van der Waals surface area contributed by atoms with Gasteiger partial charge in [-0.1, -0.05) is 0 Å². The normalized spacial score (nSPS) is 17.0. The van der Waals surface area contributed by atoms with Gasteiger partial charge in [-0.15, -0.1) is 0 Å². The number of piperidine rings is 1. The molecule has 1 aliphatic heterocycles. The Morgan fingerprint density at radius 2 is 2.06 bits per heavy atom. The summed E-state index contributed by atoms with van der Waals surface area (Å²) in [6.45, 7) is 0.739. The molecule has 1 aromatic carbocycles. The molecule has 0 aliphatic carbocycles. The van der Waals surface area contributed by atoms with Gasteiger partial charge in [0, 0.05) is 13.0 Å². The molecule has 0 radical (unpaired) electrons. The first-order valence-electron chi connectivity index (χ1n) is 5.47. The summed E-state index contributed by atoms with van der Waals surface area (Å²) >= 11 is 0. The molecule has 0 unspecified atom stereocenters. The van der Waals surface area contributed by atoms with Crippen LogP contribution in [0.2, 0.25) is 0 Å². The molecule has 2 N–H and O–H groups in total. The topological polar surface area (TPSA) is 80.5 Å². The van der Waals surface area contributed by atoms with Crippen LogP contribution in [0.1, 0.15) is 12.8 Å². The Morgan fingerprint density at radius 3 is 2.61 bits per heavy atom. The third-order valence-corrected chi connectivity index (χ3v) is 3.75. The number of rotatable bonds is 2. The molecule has 98 valence electrons. The van der Waals surface area contributed by atoms with Gasteiger partial charge in [0.15, 0.2) is 5.78 Å². The van der Waals surface area contributed by atoms with Crippen molar-refractivity contribution >= 4 is 21.5 Å². The molecular formula is C11H13FN2O3S. The third kappa shape index (κ3) is 2.68. The zero-order valence-corrected chi connectivity index (χ0v) is 10.4. The van der Waals surface area contributed by atoms with Crippen molar-refractivity contribution in [3.8, 4) is 0 Å². The zero-order valence-electron chi connectivity index (χ0n) is 9.60. The molecule has 5 nitrogen and oxygen atoms in total. The number of hydrogen-bond donors (Lipinski definition) is 1. The molecule has 0 aromatic heterocycles. The van der Waals surface area contributed by atoms with E-state index < -0.39 is 15.8 Å². The quantitative estimate of drug-likeness (QED) is 0.856.